The molecule has 0 aromatic carbocycles. The average molecular weight is 257 g/mol. The standard InChI is InChI=1S/C12H19NO5/c1-12(2)17-8-6-13(15-3)10(11(8)18-12)7-4-5-9(14)16-7/h7-8,10-11H,4-6H2,1-3H3/t7-,8-,10-,11-/m1/s1. The van der Waals surface area contributed by atoms with Crippen LogP contribution >= 0.6 is 0 Å². The van der Waals surface area contributed by atoms with E-state index in [1.807, 2.05) is 18.9 Å². The minimum absolute atomic E-state index is 0.0238. The van der Waals surface area contributed by atoms with Crippen LogP contribution in [-0.4, -0.2) is 54.8 Å². The van der Waals surface area contributed by atoms with Crippen molar-refractivity contribution in [2.45, 2.75) is 56.8 Å². The van der Waals surface area contributed by atoms with Crippen LogP contribution < -0.4 is 0 Å². The molecule has 0 saturated carbocycles. The van der Waals surface area contributed by atoms with E-state index in [1.54, 1.807) is 7.11 Å². The number of ether oxygens (including phenoxy) is 3. The zero-order chi connectivity index (χ0) is 12.9. The van der Waals surface area contributed by atoms with Crippen LogP contribution in [0.3, 0.4) is 0 Å². The summed E-state index contributed by atoms with van der Waals surface area (Å²) in [5, 5.41) is 1.81. The molecular formula is C12H19NO5. The van der Waals surface area contributed by atoms with E-state index in [0.717, 1.165) is 6.42 Å². The van der Waals surface area contributed by atoms with Crippen LogP contribution in [0.5, 0.6) is 0 Å². The number of nitrogens with zero attached hydrogens (tertiary/aromatic N) is 1. The second-order valence-electron chi connectivity index (χ2n) is 5.48. The maximum atomic E-state index is 11.3. The number of hydroxylamine groups is 2. The van der Waals surface area contributed by atoms with Crippen LogP contribution in [0.25, 0.3) is 0 Å². The van der Waals surface area contributed by atoms with Crippen molar-refractivity contribution in [2.75, 3.05) is 13.7 Å². The molecule has 3 aliphatic heterocycles. The van der Waals surface area contributed by atoms with E-state index in [0.29, 0.717) is 13.0 Å². The summed E-state index contributed by atoms with van der Waals surface area (Å²) in [7, 11) is 1.62. The number of esters is 1. The Morgan fingerprint density at radius 1 is 1.33 bits per heavy atom. The van der Waals surface area contributed by atoms with Gasteiger partial charge in [0, 0.05) is 6.42 Å². The summed E-state index contributed by atoms with van der Waals surface area (Å²) in [5.74, 6) is -0.714. The van der Waals surface area contributed by atoms with Crippen molar-refractivity contribution < 1.29 is 23.8 Å². The molecule has 0 aromatic rings. The van der Waals surface area contributed by atoms with Gasteiger partial charge in [-0.1, -0.05) is 0 Å². The van der Waals surface area contributed by atoms with Crippen LogP contribution in [0.15, 0.2) is 0 Å². The molecule has 0 N–H and O–H groups in total. The summed E-state index contributed by atoms with van der Waals surface area (Å²) in [4.78, 5) is 16.6. The summed E-state index contributed by atoms with van der Waals surface area (Å²) >= 11 is 0. The molecule has 0 aliphatic carbocycles. The molecule has 6 heteroatoms. The van der Waals surface area contributed by atoms with Crippen LogP contribution in [0.1, 0.15) is 26.7 Å². The Bertz CT molecular complexity index is 358. The monoisotopic (exact) mass is 257 g/mol. The molecule has 0 bridgehead atoms. The zero-order valence-corrected chi connectivity index (χ0v) is 10.9. The predicted molar refractivity (Wildman–Crippen MR) is 60.4 cm³/mol. The highest BCUT2D eigenvalue weighted by Crippen LogP contribution is 2.40. The van der Waals surface area contributed by atoms with E-state index >= 15 is 0 Å². The first-order chi connectivity index (χ1) is 8.50. The summed E-state index contributed by atoms with van der Waals surface area (Å²) in [6.07, 6.45) is 0.904. The molecule has 4 atom stereocenters. The Hall–Kier alpha value is -0.690. The highest BCUT2D eigenvalue weighted by molar-refractivity contribution is 5.71. The third-order valence-electron chi connectivity index (χ3n) is 3.78. The summed E-state index contributed by atoms with van der Waals surface area (Å²) in [5.41, 5.74) is 0. The van der Waals surface area contributed by atoms with Crippen molar-refractivity contribution in [1.82, 2.24) is 5.06 Å². The lowest BCUT2D eigenvalue weighted by Gasteiger charge is -2.30. The smallest absolute Gasteiger partial charge is 0.306 e. The third kappa shape index (κ3) is 1.93. The second kappa shape index (κ2) is 4.16. The Labute approximate surface area is 106 Å². The average Bonchev–Trinajstić information content (AvgIpc) is 2.89. The van der Waals surface area contributed by atoms with Crippen molar-refractivity contribution >= 4 is 5.97 Å². The van der Waals surface area contributed by atoms with Gasteiger partial charge in [-0.15, -0.1) is 0 Å². The number of rotatable bonds is 2. The van der Waals surface area contributed by atoms with Gasteiger partial charge in [0.2, 0.25) is 0 Å². The number of cyclic esters (lactones) is 1. The lowest BCUT2D eigenvalue weighted by atomic mass is 10.0. The maximum absolute atomic E-state index is 11.3. The Balaban J connectivity index is 1.79. The molecule has 3 saturated heterocycles. The van der Waals surface area contributed by atoms with E-state index in [1.165, 1.54) is 0 Å². The molecule has 0 radical (unpaired) electrons. The number of carbonyl (C=O) groups excluding carboxylic acids is 1. The molecule has 6 nitrogen and oxygen atoms in total. The third-order valence-corrected chi connectivity index (χ3v) is 3.78. The normalized spacial score (nSPS) is 43.2. The Kier molecular flexibility index (Phi) is 2.85. The van der Waals surface area contributed by atoms with Gasteiger partial charge in [-0.3, -0.25) is 4.79 Å². The SMILES string of the molecule is CON1C[C@H]2OC(C)(C)O[C@H]2[C@H]1[C@H]1CCC(=O)O1. The fourth-order valence-electron chi connectivity index (χ4n) is 3.14. The van der Waals surface area contributed by atoms with E-state index in [-0.39, 0.29) is 30.3 Å². The molecule has 3 heterocycles. The first-order valence-electron chi connectivity index (χ1n) is 6.36. The summed E-state index contributed by atoms with van der Waals surface area (Å²) in [6, 6.07) is -0.0757. The number of hydrogen-bond acceptors (Lipinski definition) is 6. The molecule has 3 aliphatic rings. The Morgan fingerprint density at radius 2 is 2.11 bits per heavy atom. The van der Waals surface area contributed by atoms with Gasteiger partial charge in [-0.05, 0) is 20.3 Å². The van der Waals surface area contributed by atoms with Crippen LogP contribution in [0, 0.1) is 0 Å². The lowest BCUT2D eigenvalue weighted by Crippen LogP contribution is -2.46. The number of hydrogen-bond donors (Lipinski definition) is 0. The molecule has 0 spiro atoms. The van der Waals surface area contributed by atoms with E-state index in [2.05, 4.69) is 0 Å². The highest BCUT2D eigenvalue weighted by Gasteiger charge is 2.56. The topological polar surface area (TPSA) is 57.2 Å². The molecule has 102 valence electrons. The van der Waals surface area contributed by atoms with Crippen molar-refractivity contribution in [1.29, 1.82) is 0 Å². The number of carbonyl (C=O) groups is 1. The van der Waals surface area contributed by atoms with Crippen molar-refractivity contribution in [3.8, 4) is 0 Å². The van der Waals surface area contributed by atoms with E-state index in [4.69, 9.17) is 19.0 Å². The molecule has 0 unspecified atom stereocenters. The lowest BCUT2D eigenvalue weighted by molar-refractivity contribution is -0.223. The van der Waals surface area contributed by atoms with Crippen LogP contribution in [-0.2, 0) is 23.8 Å². The van der Waals surface area contributed by atoms with Crippen molar-refractivity contribution in [3.05, 3.63) is 0 Å². The van der Waals surface area contributed by atoms with Gasteiger partial charge in [-0.2, -0.15) is 5.06 Å². The van der Waals surface area contributed by atoms with Gasteiger partial charge < -0.3 is 19.0 Å². The van der Waals surface area contributed by atoms with Gasteiger partial charge in [0.25, 0.3) is 0 Å². The fourth-order valence-corrected chi connectivity index (χ4v) is 3.14. The predicted octanol–water partition coefficient (Wildman–Crippen LogP) is 0.458. The van der Waals surface area contributed by atoms with Gasteiger partial charge in [-0.25, -0.2) is 0 Å². The Morgan fingerprint density at radius 3 is 2.72 bits per heavy atom. The second-order valence-corrected chi connectivity index (χ2v) is 5.48. The highest BCUT2D eigenvalue weighted by atomic mass is 16.8. The van der Waals surface area contributed by atoms with E-state index < -0.39 is 5.79 Å². The number of fused-ring (bicyclic) bond motifs is 1. The summed E-state index contributed by atoms with van der Waals surface area (Å²) in [6.45, 7) is 4.45. The van der Waals surface area contributed by atoms with Gasteiger partial charge in [0.05, 0.1) is 13.7 Å². The minimum atomic E-state index is -0.573. The van der Waals surface area contributed by atoms with Crippen LogP contribution in [0.4, 0.5) is 0 Å². The summed E-state index contributed by atoms with van der Waals surface area (Å²) < 4.78 is 17.1. The van der Waals surface area contributed by atoms with Gasteiger partial charge in [0.1, 0.15) is 24.4 Å². The molecule has 3 fully saturated rings. The molecule has 0 aromatic heterocycles. The minimum Gasteiger partial charge on any atom is -0.460 e. The fraction of sp³-hybridized carbons (Fsp3) is 0.917. The van der Waals surface area contributed by atoms with E-state index in [9.17, 15) is 4.79 Å². The first-order valence-corrected chi connectivity index (χ1v) is 6.36. The first kappa shape index (κ1) is 12.3. The quantitative estimate of drug-likeness (QED) is 0.670. The van der Waals surface area contributed by atoms with Gasteiger partial charge in [0.15, 0.2) is 5.79 Å². The molecule has 18 heavy (non-hydrogen) atoms. The van der Waals surface area contributed by atoms with Crippen molar-refractivity contribution in [3.63, 3.8) is 0 Å². The van der Waals surface area contributed by atoms with Crippen LogP contribution in [0.2, 0.25) is 0 Å². The van der Waals surface area contributed by atoms with Crippen molar-refractivity contribution in [2.24, 2.45) is 0 Å². The largest absolute Gasteiger partial charge is 0.460 e. The molecule has 3 rings (SSSR count). The maximum Gasteiger partial charge on any atom is 0.306 e. The zero-order valence-electron chi connectivity index (χ0n) is 10.9. The molecule has 0 amide bonds. The van der Waals surface area contributed by atoms with Gasteiger partial charge >= 0.3 is 5.97 Å². The molecular weight excluding hydrogens is 238 g/mol.